The van der Waals surface area contributed by atoms with Crippen molar-refractivity contribution in [2.45, 2.75) is 19.4 Å². The average Bonchev–Trinajstić information content (AvgIpc) is 2.86. The predicted molar refractivity (Wildman–Crippen MR) is 84.0 cm³/mol. The molecule has 0 bridgehead atoms. The topological polar surface area (TPSA) is 58.7 Å². The highest BCUT2D eigenvalue weighted by molar-refractivity contribution is 7.80. The van der Waals surface area contributed by atoms with Crippen molar-refractivity contribution in [2.24, 2.45) is 11.7 Å². The Balaban J connectivity index is 2.03. The lowest BCUT2D eigenvalue weighted by molar-refractivity contribution is 0.249. The van der Waals surface area contributed by atoms with Crippen molar-refractivity contribution < 1.29 is 9.84 Å². The normalized spacial score (nSPS) is 19.2. The third kappa shape index (κ3) is 3.69. The fraction of sp³-hybridized carbons (Fsp3) is 0.533. The molecule has 0 aliphatic carbocycles. The highest BCUT2D eigenvalue weighted by Crippen LogP contribution is 2.24. The summed E-state index contributed by atoms with van der Waals surface area (Å²) in [6.07, 6.45) is 2.07. The van der Waals surface area contributed by atoms with E-state index >= 15 is 0 Å². The number of benzene rings is 1. The van der Waals surface area contributed by atoms with Gasteiger partial charge in [-0.3, -0.25) is 4.90 Å². The van der Waals surface area contributed by atoms with E-state index in [1.165, 1.54) is 12.0 Å². The molecule has 1 aromatic rings. The molecular formula is C15H22N2O2S. The number of likely N-dealkylation sites (tertiary alicyclic amines) is 1. The zero-order valence-corrected chi connectivity index (χ0v) is 12.7. The van der Waals surface area contributed by atoms with Crippen molar-refractivity contribution in [3.63, 3.8) is 0 Å². The molecule has 20 heavy (non-hydrogen) atoms. The molecule has 3 N–H and O–H groups in total. The van der Waals surface area contributed by atoms with Crippen molar-refractivity contribution in [3.05, 3.63) is 29.3 Å². The molecule has 4 nitrogen and oxygen atoms in total. The van der Waals surface area contributed by atoms with E-state index in [-0.39, 0.29) is 6.61 Å². The molecular weight excluding hydrogens is 272 g/mol. The number of nitrogens with zero attached hydrogens (tertiary/aromatic N) is 1. The average molecular weight is 294 g/mol. The van der Waals surface area contributed by atoms with Gasteiger partial charge in [0.05, 0.1) is 12.7 Å². The second-order valence-electron chi connectivity index (χ2n) is 5.30. The predicted octanol–water partition coefficient (Wildman–Crippen LogP) is 1.53. The van der Waals surface area contributed by atoms with Crippen LogP contribution in [0.1, 0.15) is 24.0 Å². The maximum Gasteiger partial charge on any atom is 0.129 e. The van der Waals surface area contributed by atoms with Crippen molar-refractivity contribution in [1.29, 1.82) is 0 Å². The zero-order chi connectivity index (χ0) is 14.5. The van der Waals surface area contributed by atoms with Gasteiger partial charge in [-0.1, -0.05) is 18.3 Å². The number of aliphatic hydroxyl groups is 1. The number of aliphatic hydroxyl groups excluding tert-OH is 1. The summed E-state index contributed by atoms with van der Waals surface area (Å²) in [7, 11) is 1.62. The molecule has 1 atom stereocenters. The van der Waals surface area contributed by atoms with E-state index in [4.69, 9.17) is 27.8 Å². The van der Waals surface area contributed by atoms with Gasteiger partial charge in [-0.05, 0) is 43.0 Å². The molecule has 1 saturated heterocycles. The van der Waals surface area contributed by atoms with Crippen LogP contribution in [0.5, 0.6) is 5.75 Å². The van der Waals surface area contributed by atoms with Crippen molar-refractivity contribution in [3.8, 4) is 5.75 Å². The SMILES string of the molecule is COc1ccc(CN2CCC(CCO)C2)cc1C(N)=S. The van der Waals surface area contributed by atoms with Crippen LogP contribution in [0, 0.1) is 5.92 Å². The van der Waals surface area contributed by atoms with Gasteiger partial charge in [0.25, 0.3) is 0 Å². The van der Waals surface area contributed by atoms with Crippen LogP contribution in [0.4, 0.5) is 0 Å². The number of ether oxygens (including phenoxy) is 1. The van der Waals surface area contributed by atoms with Gasteiger partial charge >= 0.3 is 0 Å². The van der Waals surface area contributed by atoms with E-state index in [1.54, 1.807) is 7.11 Å². The van der Waals surface area contributed by atoms with Gasteiger partial charge in [0.2, 0.25) is 0 Å². The van der Waals surface area contributed by atoms with E-state index < -0.39 is 0 Å². The summed E-state index contributed by atoms with van der Waals surface area (Å²) in [6, 6.07) is 5.99. The molecule has 1 fully saturated rings. The first kappa shape index (κ1) is 15.2. The summed E-state index contributed by atoms with van der Waals surface area (Å²) in [5, 5.41) is 9.00. The molecule has 0 radical (unpaired) electrons. The van der Waals surface area contributed by atoms with Crippen molar-refractivity contribution >= 4 is 17.2 Å². The van der Waals surface area contributed by atoms with Crippen LogP contribution < -0.4 is 10.5 Å². The summed E-state index contributed by atoms with van der Waals surface area (Å²) < 4.78 is 5.27. The Morgan fingerprint density at radius 3 is 3.00 bits per heavy atom. The molecule has 1 unspecified atom stereocenters. The number of methoxy groups -OCH3 is 1. The molecule has 5 heteroatoms. The number of thiocarbonyl (C=S) groups is 1. The van der Waals surface area contributed by atoms with Crippen molar-refractivity contribution in [1.82, 2.24) is 4.90 Å². The highest BCUT2D eigenvalue weighted by atomic mass is 32.1. The van der Waals surface area contributed by atoms with Crippen molar-refractivity contribution in [2.75, 3.05) is 26.8 Å². The van der Waals surface area contributed by atoms with E-state index in [1.807, 2.05) is 12.1 Å². The first-order valence-electron chi connectivity index (χ1n) is 6.94. The second kappa shape index (κ2) is 7.02. The summed E-state index contributed by atoms with van der Waals surface area (Å²) in [4.78, 5) is 2.77. The number of rotatable bonds is 6. The van der Waals surface area contributed by atoms with Crippen LogP contribution in [-0.2, 0) is 6.54 Å². The van der Waals surface area contributed by atoms with Crippen LogP contribution in [0.25, 0.3) is 0 Å². The third-order valence-electron chi connectivity index (χ3n) is 3.84. The molecule has 1 heterocycles. The molecule has 1 aromatic carbocycles. The summed E-state index contributed by atoms with van der Waals surface area (Å²) >= 11 is 5.07. The van der Waals surface area contributed by atoms with Crippen LogP contribution in [0.3, 0.4) is 0 Å². The Morgan fingerprint density at radius 1 is 1.55 bits per heavy atom. The summed E-state index contributed by atoms with van der Waals surface area (Å²) in [5.74, 6) is 1.34. The largest absolute Gasteiger partial charge is 0.496 e. The minimum atomic E-state index is 0.284. The Hall–Kier alpha value is -1.17. The van der Waals surface area contributed by atoms with Crippen LogP contribution in [-0.4, -0.2) is 41.8 Å². The summed E-state index contributed by atoms with van der Waals surface area (Å²) in [6.45, 7) is 3.31. The molecule has 1 aliphatic heterocycles. The molecule has 0 amide bonds. The van der Waals surface area contributed by atoms with Gasteiger partial charge in [0.1, 0.15) is 10.7 Å². The highest BCUT2D eigenvalue weighted by Gasteiger charge is 2.22. The zero-order valence-electron chi connectivity index (χ0n) is 11.8. The van der Waals surface area contributed by atoms with Gasteiger partial charge < -0.3 is 15.6 Å². The van der Waals surface area contributed by atoms with Gasteiger partial charge in [-0.15, -0.1) is 0 Å². The van der Waals surface area contributed by atoms with E-state index in [0.29, 0.717) is 10.9 Å². The Bertz CT molecular complexity index is 479. The molecule has 0 saturated carbocycles. The van der Waals surface area contributed by atoms with Gasteiger partial charge in [-0.25, -0.2) is 0 Å². The van der Waals surface area contributed by atoms with Gasteiger partial charge in [-0.2, -0.15) is 0 Å². The fourth-order valence-electron chi connectivity index (χ4n) is 2.78. The smallest absolute Gasteiger partial charge is 0.129 e. The Morgan fingerprint density at radius 2 is 2.35 bits per heavy atom. The van der Waals surface area contributed by atoms with E-state index in [9.17, 15) is 0 Å². The molecule has 1 aliphatic rings. The minimum Gasteiger partial charge on any atom is -0.496 e. The first-order chi connectivity index (χ1) is 9.63. The first-order valence-corrected chi connectivity index (χ1v) is 7.34. The minimum absolute atomic E-state index is 0.284. The molecule has 2 rings (SSSR count). The van der Waals surface area contributed by atoms with Crippen LogP contribution >= 0.6 is 12.2 Å². The number of hydrogen-bond donors (Lipinski definition) is 2. The Kier molecular flexibility index (Phi) is 5.34. The number of nitrogens with two attached hydrogens (primary N) is 1. The van der Waals surface area contributed by atoms with Crippen LogP contribution in [0.15, 0.2) is 18.2 Å². The maximum absolute atomic E-state index is 9.00. The molecule has 110 valence electrons. The fourth-order valence-corrected chi connectivity index (χ4v) is 2.94. The Labute approximate surface area is 125 Å². The van der Waals surface area contributed by atoms with Gasteiger partial charge in [0.15, 0.2) is 0 Å². The van der Waals surface area contributed by atoms with E-state index in [0.717, 1.165) is 37.4 Å². The quantitative estimate of drug-likeness (QED) is 0.779. The summed E-state index contributed by atoms with van der Waals surface area (Å²) in [5.41, 5.74) is 7.73. The lowest BCUT2D eigenvalue weighted by Gasteiger charge is -2.17. The lowest BCUT2D eigenvalue weighted by atomic mass is 10.1. The monoisotopic (exact) mass is 294 g/mol. The second-order valence-corrected chi connectivity index (χ2v) is 5.74. The number of hydrogen-bond acceptors (Lipinski definition) is 4. The maximum atomic E-state index is 9.00. The van der Waals surface area contributed by atoms with E-state index in [2.05, 4.69) is 11.0 Å². The standard InChI is InChI=1S/C15H22N2O2S/c1-19-14-3-2-12(8-13(14)15(16)20)10-17-6-4-11(9-17)5-7-18/h2-3,8,11,18H,4-7,9-10H2,1H3,(H2,16,20). The lowest BCUT2D eigenvalue weighted by Crippen LogP contribution is -2.21. The van der Waals surface area contributed by atoms with Gasteiger partial charge in [0, 0.05) is 19.7 Å². The molecule has 0 spiro atoms. The molecule has 0 aromatic heterocycles. The third-order valence-corrected chi connectivity index (χ3v) is 4.06. The van der Waals surface area contributed by atoms with Crippen LogP contribution in [0.2, 0.25) is 0 Å².